The van der Waals surface area contributed by atoms with Crippen molar-refractivity contribution in [3.05, 3.63) is 12.7 Å². The molecular formula is C18H27ClN5O5PS. The molecule has 1 fully saturated rings. The topological polar surface area (TPSA) is 131 Å². The lowest BCUT2D eigenvalue weighted by atomic mass is 10.00. The number of nitrogen functional groups attached to an aromatic ring is 1. The van der Waals surface area contributed by atoms with Crippen molar-refractivity contribution < 1.29 is 23.1 Å². The molecule has 2 N–H and O–H groups in total. The molecule has 13 heteroatoms. The highest BCUT2D eigenvalue weighted by Crippen LogP contribution is 2.44. The first kappa shape index (κ1) is 24.4. The monoisotopic (exact) mass is 491 g/mol. The fourth-order valence-electron chi connectivity index (χ4n) is 3.09. The van der Waals surface area contributed by atoms with E-state index < -0.39 is 30.9 Å². The molecule has 2 aromatic rings. The lowest BCUT2D eigenvalue weighted by molar-refractivity contribution is -0.117. The maximum atomic E-state index is 12.0. The fraction of sp³-hybridized carbons (Fsp3) is 0.667. The summed E-state index contributed by atoms with van der Waals surface area (Å²) in [5, 5.41) is 0.0579. The van der Waals surface area contributed by atoms with Gasteiger partial charge in [0.25, 0.3) is 0 Å². The summed E-state index contributed by atoms with van der Waals surface area (Å²) in [6, 6.07) is 0. The molecule has 31 heavy (non-hydrogen) atoms. The van der Waals surface area contributed by atoms with Gasteiger partial charge in [-0.15, -0.1) is 11.6 Å². The number of nitrogens with zero attached hydrogens (tertiary/aromatic N) is 4. The lowest BCUT2D eigenvalue weighted by Crippen LogP contribution is -2.26. The molecule has 0 aliphatic carbocycles. The number of hydrogen-bond donors (Lipinski definition) is 1. The summed E-state index contributed by atoms with van der Waals surface area (Å²) in [6.07, 6.45) is 2.43. The van der Waals surface area contributed by atoms with Crippen molar-refractivity contribution in [2.24, 2.45) is 5.41 Å². The minimum atomic E-state index is -2.71. The van der Waals surface area contributed by atoms with Gasteiger partial charge in [-0.05, 0) is 13.3 Å². The van der Waals surface area contributed by atoms with Crippen molar-refractivity contribution >= 4 is 53.7 Å². The Labute approximate surface area is 190 Å². The quantitative estimate of drug-likeness (QED) is 0.332. The van der Waals surface area contributed by atoms with Crippen molar-refractivity contribution in [3.63, 3.8) is 0 Å². The molecule has 0 radical (unpaired) electrons. The van der Waals surface area contributed by atoms with Crippen LogP contribution in [0.3, 0.4) is 0 Å². The van der Waals surface area contributed by atoms with E-state index in [0.717, 1.165) is 11.8 Å². The Morgan fingerprint density at radius 2 is 2.16 bits per heavy atom. The van der Waals surface area contributed by atoms with Crippen LogP contribution < -0.4 is 5.73 Å². The molecule has 1 aliphatic heterocycles. The number of rotatable bonds is 8. The first-order valence-corrected chi connectivity index (χ1v) is 12.3. The zero-order valence-electron chi connectivity index (χ0n) is 17.8. The Morgan fingerprint density at radius 3 is 2.87 bits per heavy atom. The zero-order chi connectivity index (χ0) is 22.8. The third-order valence-corrected chi connectivity index (χ3v) is 7.07. The van der Waals surface area contributed by atoms with Crippen LogP contribution in [0.1, 0.15) is 40.3 Å². The maximum absolute atomic E-state index is 12.0. The Kier molecular flexibility index (Phi) is 7.66. The number of halogens is 1. The molecule has 0 aromatic carbocycles. The summed E-state index contributed by atoms with van der Waals surface area (Å²) in [7, 11) is -2.71. The van der Waals surface area contributed by atoms with Crippen molar-refractivity contribution in [1.29, 1.82) is 0 Å². The SMILES string of the molecule is CC(C)(C)C(=O)SCCO[PH](=O)OCC1C[C@@](C)(Cl)[C@H](n2cnc3c(N)ncnc32)O1. The van der Waals surface area contributed by atoms with Gasteiger partial charge >= 0.3 is 8.25 Å². The molecule has 4 atom stereocenters. The Bertz CT molecular complexity index is 966. The van der Waals surface area contributed by atoms with Crippen molar-refractivity contribution in [2.75, 3.05) is 24.7 Å². The normalized spacial score (nSPS) is 25.2. The molecule has 3 heterocycles. The molecule has 3 rings (SSSR count). The van der Waals surface area contributed by atoms with E-state index in [2.05, 4.69) is 15.0 Å². The van der Waals surface area contributed by atoms with Gasteiger partial charge in [0.2, 0.25) is 0 Å². The highest BCUT2D eigenvalue weighted by molar-refractivity contribution is 8.13. The standard InChI is InChI=1S/C18H27ClN5O5PS/c1-17(2,3)16(25)31-6-5-27-30(26)28-8-11-7-18(4,19)15(29-11)24-10-23-12-13(20)21-9-22-14(12)24/h9-11,15,30H,5-8H2,1-4H3,(H2,20,21,22)/t11?,15-,18-/m1/s1. The predicted molar refractivity (Wildman–Crippen MR) is 120 cm³/mol. The highest BCUT2D eigenvalue weighted by atomic mass is 35.5. The van der Waals surface area contributed by atoms with Gasteiger partial charge in [0.05, 0.1) is 30.5 Å². The number of anilines is 1. The van der Waals surface area contributed by atoms with Crippen molar-refractivity contribution in [1.82, 2.24) is 19.5 Å². The van der Waals surface area contributed by atoms with E-state index in [9.17, 15) is 9.36 Å². The van der Waals surface area contributed by atoms with Gasteiger partial charge in [-0.3, -0.25) is 13.9 Å². The number of hydrogen-bond acceptors (Lipinski definition) is 10. The van der Waals surface area contributed by atoms with E-state index in [-0.39, 0.29) is 24.1 Å². The number of carbonyl (C=O) groups is 1. The summed E-state index contributed by atoms with van der Waals surface area (Å²) < 4.78 is 30.3. The molecular weight excluding hydrogens is 465 g/mol. The predicted octanol–water partition coefficient (Wildman–Crippen LogP) is 3.42. The molecule has 0 amide bonds. The van der Waals surface area contributed by atoms with E-state index in [4.69, 9.17) is 31.1 Å². The van der Waals surface area contributed by atoms with E-state index in [1.165, 1.54) is 6.33 Å². The number of aromatic nitrogens is 4. The zero-order valence-corrected chi connectivity index (χ0v) is 20.4. The Hall–Kier alpha value is -1.23. The van der Waals surface area contributed by atoms with Crippen LogP contribution in [0.15, 0.2) is 12.7 Å². The van der Waals surface area contributed by atoms with Gasteiger partial charge < -0.3 is 19.5 Å². The van der Waals surface area contributed by atoms with Gasteiger partial charge in [-0.1, -0.05) is 32.5 Å². The van der Waals surface area contributed by atoms with Crippen LogP contribution in [0.5, 0.6) is 0 Å². The molecule has 2 aromatic heterocycles. The summed E-state index contributed by atoms with van der Waals surface area (Å²) in [5.41, 5.74) is 6.41. The number of ether oxygens (including phenoxy) is 1. The third kappa shape index (κ3) is 5.97. The van der Waals surface area contributed by atoms with Gasteiger partial charge in [0, 0.05) is 11.2 Å². The number of carbonyl (C=O) groups excluding carboxylic acids is 1. The molecule has 0 bridgehead atoms. The fourth-order valence-corrected chi connectivity index (χ4v) is 5.03. The van der Waals surface area contributed by atoms with Crippen molar-refractivity contribution in [3.8, 4) is 0 Å². The van der Waals surface area contributed by atoms with Crippen LogP contribution in [0.4, 0.5) is 5.82 Å². The minimum absolute atomic E-state index is 0.0579. The summed E-state index contributed by atoms with van der Waals surface area (Å²) in [5.74, 6) is 0.687. The molecule has 2 unspecified atom stereocenters. The number of nitrogens with two attached hydrogens (primary N) is 1. The van der Waals surface area contributed by atoms with Gasteiger partial charge in [-0.2, -0.15) is 0 Å². The van der Waals surface area contributed by atoms with Gasteiger partial charge in [-0.25, -0.2) is 15.0 Å². The summed E-state index contributed by atoms with van der Waals surface area (Å²) in [6.45, 7) is 7.62. The van der Waals surface area contributed by atoms with Crippen LogP contribution in [0, 0.1) is 5.41 Å². The summed E-state index contributed by atoms with van der Waals surface area (Å²) in [4.78, 5) is 23.5. The van der Waals surface area contributed by atoms with Crippen LogP contribution >= 0.6 is 31.6 Å². The lowest BCUT2D eigenvalue weighted by Gasteiger charge is -2.23. The molecule has 0 saturated carbocycles. The van der Waals surface area contributed by atoms with E-state index in [0.29, 0.717) is 23.3 Å². The Balaban J connectivity index is 1.50. The van der Waals surface area contributed by atoms with Crippen LogP contribution in [-0.4, -0.2) is 54.6 Å². The highest BCUT2D eigenvalue weighted by Gasteiger charge is 2.46. The van der Waals surface area contributed by atoms with Gasteiger partial charge in [0.15, 0.2) is 22.8 Å². The maximum Gasteiger partial charge on any atom is 0.319 e. The van der Waals surface area contributed by atoms with Gasteiger partial charge in [0.1, 0.15) is 11.8 Å². The van der Waals surface area contributed by atoms with Crippen LogP contribution in [0.2, 0.25) is 0 Å². The first-order chi connectivity index (χ1) is 14.5. The van der Waals surface area contributed by atoms with E-state index in [1.54, 1.807) is 10.9 Å². The van der Waals surface area contributed by atoms with E-state index in [1.807, 2.05) is 27.7 Å². The molecule has 1 aliphatic rings. The smallest absolute Gasteiger partial charge is 0.319 e. The average Bonchev–Trinajstić information content (AvgIpc) is 3.23. The van der Waals surface area contributed by atoms with Crippen molar-refractivity contribution in [2.45, 2.75) is 51.3 Å². The van der Waals surface area contributed by atoms with Crippen LogP contribution in [-0.2, 0) is 23.1 Å². The first-order valence-electron chi connectivity index (χ1n) is 9.73. The Morgan fingerprint density at radius 1 is 1.42 bits per heavy atom. The largest absolute Gasteiger partial charge is 0.382 e. The number of fused-ring (bicyclic) bond motifs is 1. The summed E-state index contributed by atoms with van der Waals surface area (Å²) >= 11 is 7.86. The van der Waals surface area contributed by atoms with E-state index >= 15 is 0 Å². The molecule has 172 valence electrons. The second kappa shape index (κ2) is 9.72. The second-order valence-electron chi connectivity index (χ2n) is 8.47. The number of thioether (sulfide) groups is 1. The van der Waals surface area contributed by atoms with Crippen LogP contribution in [0.25, 0.3) is 11.2 Å². The average molecular weight is 492 g/mol. The molecule has 10 nitrogen and oxygen atoms in total. The second-order valence-corrected chi connectivity index (χ2v) is 11.5. The molecule has 1 saturated heterocycles. The molecule has 0 spiro atoms. The number of imidazole rings is 1. The number of alkyl halides is 1. The third-order valence-electron chi connectivity index (χ3n) is 4.64. The minimum Gasteiger partial charge on any atom is -0.382 e.